The summed E-state index contributed by atoms with van der Waals surface area (Å²) in [6, 6.07) is 13.8. The van der Waals surface area contributed by atoms with Crippen LogP contribution in [0.3, 0.4) is 0 Å². The highest BCUT2D eigenvalue weighted by atomic mass is 16.1. The standard InChI is InChI=1S/C23H27N2O/c1-2-7-16-12-13-18-21(14-16)25(15-17-8-4-3-5-9-17)20-11-6-10-19(22(18)20)23(24)26/h6,10-12,14,17H,2-5,7-9,15H2,1H3,(H2,24,26). The summed E-state index contributed by atoms with van der Waals surface area (Å²) in [5.74, 6) is 0.355. The SMILES string of the molecule is CCCc1c[c]c2c3c(C(N)=O)cccc3n(CC3CCCCC3)c2c1. The fourth-order valence-corrected chi connectivity index (χ4v) is 4.56. The molecule has 26 heavy (non-hydrogen) atoms. The van der Waals surface area contributed by atoms with Gasteiger partial charge in [0.2, 0.25) is 5.91 Å². The van der Waals surface area contributed by atoms with Gasteiger partial charge >= 0.3 is 0 Å². The number of benzene rings is 2. The molecule has 4 rings (SSSR count). The van der Waals surface area contributed by atoms with E-state index in [2.05, 4.69) is 35.8 Å². The van der Waals surface area contributed by atoms with Crippen LogP contribution in [0.25, 0.3) is 21.8 Å². The zero-order valence-electron chi connectivity index (χ0n) is 15.6. The number of nitrogens with two attached hydrogens (primary N) is 1. The van der Waals surface area contributed by atoms with Crippen molar-refractivity contribution in [1.29, 1.82) is 0 Å². The third-order valence-corrected chi connectivity index (χ3v) is 5.82. The average molecular weight is 347 g/mol. The Bertz CT molecular complexity index is 948. The number of hydrogen-bond donors (Lipinski definition) is 1. The molecular formula is C23H27N2O. The summed E-state index contributed by atoms with van der Waals surface area (Å²) in [7, 11) is 0. The van der Waals surface area contributed by atoms with E-state index in [4.69, 9.17) is 5.73 Å². The van der Waals surface area contributed by atoms with E-state index < -0.39 is 0 Å². The molecule has 1 aromatic heterocycles. The summed E-state index contributed by atoms with van der Waals surface area (Å²) in [5, 5.41) is 2.00. The highest BCUT2D eigenvalue weighted by Gasteiger charge is 2.20. The van der Waals surface area contributed by atoms with Crippen LogP contribution in [0.5, 0.6) is 0 Å². The fourth-order valence-electron chi connectivity index (χ4n) is 4.56. The van der Waals surface area contributed by atoms with Gasteiger partial charge in [0, 0.05) is 28.4 Å². The van der Waals surface area contributed by atoms with Gasteiger partial charge in [0.05, 0.1) is 5.52 Å². The van der Waals surface area contributed by atoms with Crippen LogP contribution in [-0.4, -0.2) is 10.5 Å². The number of carbonyl (C=O) groups is 1. The first-order valence-electron chi connectivity index (χ1n) is 9.94. The molecule has 3 aromatic rings. The van der Waals surface area contributed by atoms with Gasteiger partial charge in [-0.15, -0.1) is 0 Å². The van der Waals surface area contributed by atoms with Crippen molar-refractivity contribution in [3.05, 3.63) is 47.5 Å². The van der Waals surface area contributed by atoms with E-state index in [9.17, 15) is 4.79 Å². The van der Waals surface area contributed by atoms with Gasteiger partial charge in [0.25, 0.3) is 0 Å². The molecule has 0 saturated heterocycles. The molecule has 1 fully saturated rings. The van der Waals surface area contributed by atoms with Crippen molar-refractivity contribution in [2.45, 2.75) is 58.4 Å². The Morgan fingerprint density at radius 3 is 2.77 bits per heavy atom. The van der Waals surface area contributed by atoms with Gasteiger partial charge in [-0.25, -0.2) is 0 Å². The molecule has 2 aromatic carbocycles. The molecule has 0 unspecified atom stereocenters. The predicted octanol–water partition coefficient (Wildman–Crippen LogP) is 5.23. The number of amides is 1. The number of rotatable bonds is 5. The molecule has 1 saturated carbocycles. The Morgan fingerprint density at radius 2 is 2.04 bits per heavy atom. The predicted molar refractivity (Wildman–Crippen MR) is 107 cm³/mol. The summed E-state index contributed by atoms with van der Waals surface area (Å²) in [5.41, 5.74) is 9.92. The van der Waals surface area contributed by atoms with E-state index in [1.165, 1.54) is 43.2 Å². The minimum Gasteiger partial charge on any atom is -0.366 e. The molecule has 135 valence electrons. The van der Waals surface area contributed by atoms with Crippen LogP contribution in [0.2, 0.25) is 0 Å². The van der Waals surface area contributed by atoms with Crippen LogP contribution in [0.15, 0.2) is 30.3 Å². The van der Waals surface area contributed by atoms with Gasteiger partial charge in [-0.3, -0.25) is 4.79 Å². The maximum Gasteiger partial charge on any atom is 0.249 e. The van der Waals surface area contributed by atoms with Gasteiger partial charge in [0.1, 0.15) is 0 Å². The van der Waals surface area contributed by atoms with Crippen molar-refractivity contribution in [3.8, 4) is 0 Å². The maximum atomic E-state index is 12.0. The minimum atomic E-state index is -0.363. The lowest BCUT2D eigenvalue weighted by Gasteiger charge is -2.23. The monoisotopic (exact) mass is 347 g/mol. The number of aromatic nitrogens is 1. The molecule has 0 spiro atoms. The number of nitrogens with zero attached hydrogens (tertiary/aromatic N) is 1. The highest BCUT2D eigenvalue weighted by molar-refractivity contribution is 6.17. The topological polar surface area (TPSA) is 48.0 Å². The van der Waals surface area contributed by atoms with Crippen molar-refractivity contribution >= 4 is 27.7 Å². The Morgan fingerprint density at radius 1 is 1.23 bits per heavy atom. The third kappa shape index (κ3) is 3.00. The van der Waals surface area contributed by atoms with Crippen molar-refractivity contribution in [2.24, 2.45) is 11.7 Å². The van der Waals surface area contributed by atoms with Crippen molar-refractivity contribution in [1.82, 2.24) is 4.57 Å². The van der Waals surface area contributed by atoms with Crippen molar-refractivity contribution in [3.63, 3.8) is 0 Å². The first-order valence-corrected chi connectivity index (χ1v) is 9.94. The average Bonchev–Trinajstić information content (AvgIpc) is 2.96. The lowest BCUT2D eigenvalue weighted by Crippen LogP contribution is -2.14. The Hall–Kier alpha value is -2.29. The molecule has 3 nitrogen and oxygen atoms in total. The molecule has 1 amide bonds. The van der Waals surface area contributed by atoms with Crippen LogP contribution in [0.4, 0.5) is 0 Å². The van der Waals surface area contributed by atoms with Crippen LogP contribution < -0.4 is 5.73 Å². The van der Waals surface area contributed by atoms with E-state index in [-0.39, 0.29) is 5.91 Å². The second kappa shape index (κ2) is 7.14. The molecule has 0 aliphatic heterocycles. The third-order valence-electron chi connectivity index (χ3n) is 5.82. The van der Waals surface area contributed by atoms with Gasteiger partial charge < -0.3 is 10.3 Å². The molecule has 1 heterocycles. The molecule has 1 aliphatic carbocycles. The number of fused-ring (bicyclic) bond motifs is 3. The minimum absolute atomic E-state index is 0.363. The van der Waals surface area contributed by atoms with Gasteiger partial charge in [-0.2, -0.15) is 0 Å². The first kappa shape index (κ1) is 17.1. The van der Waals surface area contributed by atoms with E-state index in [1.54, 1.807) is 0 Å². The van der Waals surface area contributed by atoms with Crippen LogP contribution in [0.1, 0.15) is 61.4 Å². The molecule has 1 aliphatic rings. The van der Waals surface area contributed by atoms with E-state index in [0.717, 1.165) is 41.6 Å². The Balaban J connectivity index is 1.93. The van der Waals surface area contributed by atoms with Crippen molar-refractivity contribution < 1.29 is 4.79 Å². The smallest absolute Gasteiger partial charge is 0.249 e. The number of primary amides is 1. The van der Waals surface area contributed by atoms with Gasteiger partial charge in [-0.05, 0) is 55.0 Å². The summed E-state index contributed by atoms with van der Waals surface area (Å²) in [4.78, 5) is 12.0. The Kier molecular flexibility index (Phi) is 4.71. The molecule has 1 radical (unpaired) electrons. The van der Waals surface area contributed by atoms with Gasteiger partial charge in [0.15, 0.2) is 0 Å². The summed E-state index contributed by atoms with van der Waals surface area (Å²) >= 11 is 0. The van der Waals surface area contributed by atoms with E-state index in [0.29, 0.717) is 5.56 Å². The summed E-state index contributed by atoms with van der Waals surface area (Å²) < 4.78 is 2.42. The summed E-state index contributed by atoms with van der Waals surface area (Å²) in [6.45, 7) is 3.22. The highest BCUT2D eigenvalue weighted by Crippen LogP contribution is 2.35. The number of hydrogen-bond acceptors (Lipinski definition) is 1. The largest absolute Gasteiger partial charge is 0.366 e. The molecular weight excluding hydrogens is 320 g/mol. The van der Waals surface area contributed by atoms with Crippen LogP contribution >= 0.6 is 0 Å². The fraction of sp³-hybridized carbons (Fsp3) is 0.435. The van der Waals surface area contributed by atoms with E-state index >= 15 is 0 Å². The lowest BCUT2D eigenvalue weighted by molar-refractivity contribution is 0.100. The maximum absolute atomic E-state index is 12.0. The molecule has 2 N–H and O–H groups in total. The molecule has 0 bridgehead atoms. The van der Waals surface area contributed by atoms with E-state index in [1.807, 2.05) is 12.1 Å². The second-order valence-electron chi connectivity index (χ2n) is 7.70. The van der Waals surface area contributed by atoms with Crippen LogP contribution in [0, 0.1) is 12.0 Å². The summed E-state index contributed by atoms with van der Waals surface area (Å²) in [6.07, 6.45) is 8.81. The second-order valence-corrected chi connectivity index (χ2v) is 7.70. The number of carbonyl (C=O) groups excluding carboxylic acids is 1. The normalized spacial score (nSPS) is 15.7. The molecule has 3 heteroatoms. The quantitative estimate of drug-likeness (QED) is 0.675. The lowest BCUT2D eigenvalue weighted by atomic mass is 9.89. The van der Waals surface area contributed by atoms with Crippen molar-refractivity contribution in [2.75, 3.05) is 0 Å². The zero-order valence-corrected chi connectivity index (χ0v) is 15.6. The first-order chi connectivity index (χ1) is 12.7. The molecule has 0 atom stereocenters. The van der Waals surface area contributed by atoms with Gasteiger partial charge in [-0.1, -0.05) is 44.7 Å². The van der Waals surface area contributed by atoms with Crippen LogP contribution in [-0.2, 0) is 13.0 Å². The number of aryl methyl sites for hydroxylation is 1. The zero-order chi connectivity index (χ0) is 18.1. The Labute approximate surface area is 155 Å².